The lowest BCUT2D eigenvalue weighted by molar-refractivity contribution is -0.120. The van der Waals surface area contributed by atoms with Gasteiger partial charge >= 0.3 is 0 Å². The Morgan fingerprint density at radius 1 is 1.41 bits per heavy atom. The minimum absolute atomic E-state index is 0.105. The van der Waals surface area contributed by atoms with Crippen LogP contribution in [0, 0.1) is 18.8 Å². The molecule has 0 spiro atoms. The number of ether oxygens (including phenoxy) is 1. The minimum atomic E-state index is 0.105. The molecule has 0 bridgehead atoms. The Bertz CT molecular complexity index is 405. The van der Waals surface area contributed by atoms with Crippen molar-refractivity contribution >= 4 is 5.78 Å². The summed E-state index contributed by atoms with van der Waals surface area (Å²) in [6, 6.07) is 5.18. The van der Waals surface area contributed by atoms with Crippen LogP contribution >= 0.6 is 0 Å². The second-order valence-corrected chi connectivity index (χ2v) is 4.87. The molecule has 0 saturated heterocycles. The maximum Gasteiger partial charge on any atom is 0.136 e. The standard InChI is InChI=1S/C14H18O3/c1-9-5-12(15)7-13(6-9)17-8-11-3-4-14(16)10(11)2/h5-7,10-11,15H,3-4,8H2,1-2H3. The molecule has 1 aliphatic carbocycles. The summed E-state index contributed by atoms with van der Waals surface area (Å²) < 4.78 is 5.66. The fraction of sp³-hybridized carbons (Fsp3) is 0.500. The summed E-state index contributed by atoms with van der Waals surface area (Å²) in [5.74, 6) is 1.65. The summed E-state index contributed by atoms with van der Waals surface area (Å²) in [6.07, 6.45) is 1.59. The molecule has 1 aromatic rings. The average Bonchev–Trinajstić information content (AvgIpc) is 2.56. The van der Waals surface area contributed by atoms with Crippen LogP contribution in [-0.2, 0) is 4.79 Å². The summed E-state index contributed by atoms with van der Waals surface area (Å²) in [7, 11) is 0. The summed E-state index contributed by atoms with van der Waals surface area (Å²) in [5.41, 5.74) is 0.968. The molecule has 3 heteroatoms. The van der Waals surface area contributed by atoms with Gasteiger partial charge in [-0.25, -0.2) is 0 Å². The van der Waals surface area contributed by atoms with E-state index in [2.05, 4.69) is 0 Å². The highest BCUT2D eigenvalue weighted by atomic mass is 16.5. The van der Waals surface area contributed by atoms with Gasteiger partial charge in [-0.15, -0.1) is 0 Å². The number of hydrogen-bond acceptors (Lipinski definition) is 3. The molecule has 1 fully saturated rings. The molecule has 17 heavy (non-hydrogen) atoms. The number of carbonyl (C=O) groups excluding carboxylic acids is 1. The third kappa shape index (κ3) is 2.78. The van der Waals surface area contributed by atoms with Gasteiger partial charge in [-0.2, -0.15) is 0 Å². The zero-order valence-corrected chi connectivity index (χ0v) is 10.3. The maximum absolute atomic E-state index is 11.4. The van der Waals surface area contributed by atoms with Gasteiger partial charge in [-0.3, -0.25) is 4.79 Å². The van der Waals surface area contributed by atoms with E-state index in [9.17, 15) is 9.90 Å². The number of phenolic OH excluding ortho intramolecular Hbond substituents is 1. The summed E-state index contributed by atoms with van der Waals surface area (Å²) in [4.78, 5) is 11.4. The molecule has 92 valence electrons. The van der Waals surface area contributed by atoms with Crippen LogP contribution in [0.1, 0.15) is 25.3 Å². The van der Waals surface area contributed by atoms with Gasteiger partial charge in [0.2, 0.25) is 0 Å². The summed E-state index contributed by atoms with van der Waals surface area (Å²) >= 11 is 0. The van der Waals surface area contributed by atoms with Crippen molar-refractivity contribution < 1.29 is 14.6 Å². The van der Waals surface area contributed by atoms with Crippen molar-refractivity contribution in [2.24, 2.45) is 11.8 Å². The monoisotopic (exact) mass is 234 g/mol. The largest absolute Gasteiger partial charge is 0.508 e. The zero-order chi connectivity index (χ0) is 12.4. The van der Waals surface area contributed by atoms with Crippen molar-refractivity contribution in [3.05, 3.63) is 23.8 Å². The van der Waals surface area contributed by atoms with Crippen molar-refractivity contribution in [1.29, 1.82) is 0 Å². The molecule has 1 aliphatic rings. The second kappa shape index (κ2) is 4.78. The molecule has 0 radical (unpaired) electrons. The van der Waals surface area contributed by atoms with Gasteiger partial charge in [0.25, 0.3) is 0 Å². The quantitative estimate of drug-likeness (QED) is 0.874. The Hall–Kier alpha value is -1.51. The normalized spacial score (nSPS) is 24.0. The molecule has 0 aliphatic heterocycles. The Morgan fingerprint density at radius 2 is 2.18 bits per heavy atom. The molecule has 2 rings (SSSR count). The average molecular weight is 234 g/mol. The van der Waals surface area contributed by atoms with Crippen LogP contribution in [0.2, 0.25) is 0 Å². The van der Waals surface area contributed by atoms with Crippen molar-refractivity contribution in [2.75, 3.05) is 6.61 Å². The zero-order valence-electron chi connectivity index (χ0n) is 10.3. The van der Waals surface area contributed by atoms with E-state index in [-0.39, 0.29) is 11.7 Å². The van der Waals surface area contributed by atoms with Gasteiger partial charge in [0.05, 0.1) is 6.61 Å². The van der Waals surface area contributed by atoms with E-state index in [0.717, 1.165) is 12.0 Å². The molecule has 2 unspecified atom stereocenters. The third-order valence-electron chi connectivity index (χ3n) is 3.48. The van der Waals surface area contributed by atoms with Gasteiger partial charge in [0.1, 0.15) is 17.3 Å². The van der Waals surface area contributed by atoms with E-state index >= 15 is 0 Å². The number of aryl methyl sites for hydroxylation is 1. The molecule has 0 amide bonds. The van der Waals surface area contributed by atoms with Crippen molar-refractivity contribution in [2.45, 2.75) is 26.7 Å². The van der Waals surface area contributed by atoms with Gasteiger partial charge < -0.3 is 9.84 Å². The number of aromatic hydroxyl groups is 1. The molecule has 1 saturated carbocycles. The first-order valence-electron chi connectivity index (χ1n) is 6.02. The minimum Gasteiger partial charge on any atom is -0.508 e. The van der Waals surface area contributed by atoms with E-state index in [1.807, 2.05) is 19.9 Å². The first-order valence-corrected chi connectivity index (χ1v) is 6.02. The highest BCUT2D eigenvalue weighted by Crippen LogP contribution is 2.29. The highest BCUT2D eigenvalue weighted by Gasteiger charge is 2.31. The molecule has 1 N–H and O–H groups in total. The van der Waals surface area contributed by atoms with E-state index in [1.165, 1.54) is 0 Å². The molecule has 0 aromatic heterocycles. The van der Waals surface area contributed by atoms with Gasteiger partial charge in [-0.1, -0.05) is 6.92 Å². The van der Waals surface area contributed by atoms with Crippen LogP contribution in [0.15, 0.2) is 18.2 Å². The molecular weight excluding hydrogens is 216 g/mol. The number of Topliss-reactive ketones (excluding diaryl/α,β-unsaturated/α-hetero) is 1. The molecule has 3 nitrogen and oxygen atoms in total. The van der Waals surface area contributed by atoms with Crippen molar-refractivity contribution in [3.63, 3.8) is 0 Å². The number of carbonyl (C=O) groups is 1. The number of phenols is 1. The van der Waals surface area contributed by atoms with E-state index in [4.69, 9.17) is 4.74 Å². The maximum atomic E-state index is 11.4. The molecule has 2 atom stereocenters. The van der Waals surface area contributed by atoms with E-state index in [0.29, 0.717) is 30.5 Å². The van der Waals surface area contributed by atoms with Crippen LogP contribution in [0.5, 0.6) is 11.5 Å². The number of hydrogen-bond donors (Lipinski definition) is 1. The first kappa shape index (κ1) is 12.0. The lowest BCUT2D eigenvalue weighted by atomic mass is 9.99. The second-order valence-electron chi connectivity index (χ2n) is 4.87. The van der Waals surface area contributed by atoms with Gasteiger partial charge in [0.15, 0.2) is 0 Å². The Balaban J connectivity index is 1.96. The van der Waals surface area contributed by atoms with Crippen LogP contribution in [0.4, 0.5) is 0 Å². The van der Waals surface area contributed by atoms with Gasteiger partial charge in [0, 0.05) is 24.3 Å². The number of ketones is 1. The first-order chi connectivity index (χ1) is 8.06. The Morgan fingerprint density at radius 3 is 2.76 bits per heavy atom. The van der Waals surface area contributed by atoms with Crippen molar-refractivity contribution in [3.8, 4) is 11.5 Å². The predicted molar refractivity (Wildman–Crippen MR) is 65.2 cm³/mol. The summed E-state index contributed by atoms with van der Waals surface area (Å²) in [5, 5.41) is 9.45. The van der Waals surface area contributed by atoms with Crippen LogP contribution in [-0.4, -0.2) is 17.5 Å². The lowest BCUT2D eigenvalue weighted by Crippen LogP contribution is -2.17. The third-order valence-corrected chi connectivity index (χ3v) is 3.48. The fourth-order valence-corrected chi connectivity index (χ4v) is 2.31. The van der Waals surface area contributed by atoms with Crippen LogP contribution in [0.25, 0.3) is 0 Å². The molecule has 1 aromatic carbocycles. The molecular formula is C14H18O3. The number of benzene rings is 1. The smallest absolute Gasteiger partial charge is 0.136 e. The lowest BCUT2D eigenvalue weighted by Gasteiger charge is -2.15. The van der Waals surface area contributed by atoms with E-state index < -0.39 is 0 Å². The fourth-order valence-electron chi connectivity index (χ4n) is 2.31. The number of rotatable bonds is 3. The topological polar surface area (TPSA) is 46.5 Å². The van der Waals surface area contributed by atoms with Gasteiger partial charge in [-0.05, 0) is 31.0 Å². The van der Waals surface area contributed by atoms with E-state index in [1.54, 1.807) is 12.1 Å². The summed E-state index contributed by atoms with van der Waals surface area (Å²) in [6.45, 7) is 4.43. The Labute approximate surface area is 101 Å². The molecule has 0 heterocycles. The van der Waals surface area contributed by atoms with Crippen LogP contribution < -0.4 is 4.74 Å². The van der Waals surface area contributed by atoms with Crippen LogP contribution in [0.3, 0.4) is 0 Å². The Kier molecular flexibility index (Phi) is 3.36. The predicted octanol–water partition coefficient (Wildman–Crippen LogP) is 2.69. The van der Waals surface area contributed by atoms with Crippen molar-refractivity contribution in [1.82, 2.24) is 0 Å². The highest BCUT2D eigenvalue weighted by molar-refractivity contribution is 5.83. The SMILES string of the molecule is Cc1cc(O)cc(OCC2CCC(=O)C2C)c1.